The van der Waals surface area contributed by atoms with Crippen molar-refractivity contribution in [3.63, 3.8) is 0 Å². The number of hydrogen-bond donors (Lipinski definition) is 2. The van der Waals surface area contributed by atoms with Crippen molar-refractivity contribution in [1.82, 2.24) is 9.38 Å². The fourth-order valence-corrected chi connectivity index (χ4v) is 3.84. The van der Waals surface area contributed by atoms with Crippen LogP contribution in [0.3, 0.4) is 0 Å². The number of carbonyl (C=O) groups is 1. The number of aromatic nitrogens is 2. The highest BCUT2D eigenvalue weighted by molar-refractivity contribution is 5.88. The van der Waals surface area contributed by atoms with E-state index < -0.39 is 5.97 Å². The minimum absolute atomic E-state index is 0.203. The summed E-state index contributed by atoms with van der Waals surface area (Å²) in [5, 5.41) is 12.6. The van der Waals surface area contributed by atoms with Gasteiger partial charge in [-0.3, -0.25) is 4.40 Å². The van der Waals surface area contributed by atoms with E-state index in [9.17, 15) is 9.90 Å². The molecule has 170 valence electrons. The van der Waals surface area contributed by atoms with E-state index in [2.05, 4.69) is 23.4 Å². The van der Waals surface area contributed by atoms with Crippen LogP contribution in [0.2, 0.25) is 0 Å². The molecule has 0 aliphatic heterocycles. The number of rotatable bonds is 7. The standard InChI is InChI=1S/C29H21N3O3/c1-2-18-35-25-14-10-21(11-15-25)27-28(30-24-12-8-22(9-13-24)29(33)34)32-17-16-23(19-26(32)31-27)20-6-4-3-5-7-20/h1,3-17,19,30H,18H2,(H,33,34). The van der Waals surface area contributed by atoms with Crippen LogP contribution in [0.4, 0.5) is 11.5 Å². The SMILES string of the molecule is C#CCOc1ccc(-c2nc3cc(-c4ccccc4)ccn3c2Nc2ccc(C(=O)O)cc2)cc1. The third-order valence-electron chi connectivity index (χ3n) is 5.58. The normalized spacial score (nSPS) is 10.6. The van der Waals surface area contributed by atoms with Gasteiger partial charge in [0.05, 0.1) is 5.56 Å². The second kappa shape index (κ2) is 9.46. The maximum atomic E-state index is 11.2. The van der Waals surface area contributed by atoms with Crippen molar-refractivity contribution in [3.05, 3.63) is 103 Å². The summed E-state index contributed by atoms with van der Waals surface area (Å²) < 4.78 is 7.48. The lowest BCUT2D eigenvalue weighted by molar-refractivity contribution is 0.0697. The van der Waals surface area contributed by atoms with Gasteiger partial charge in [-0.2, -0.15) is 0 Å². The molecule has 35 heavy (non-hydrogen) atoms. The molecule has 0 radical (unpaired) electrons. The van der Waals surface area contributed by atoms with Gasteiger partial charge in [0.25, 0.3) is 0 Å². The molecular formula is C29H21N3O3. The number of terminal acetylenes is 1. The first kappa shape index (κ1) is 21.8. The van der Waals surface area contributed by atoms with Gasteiger partial charge in [-0.05, 0) is 71.8 Å². The zero-order chi connectivity index (χ0) is 24.2. The van der Waals surface area contributed by atoms with E-state index in [0.29, 0.717) is 5.75 Å². The van der Waals surface area contributed by atoms with Crippen LogP contribution in [0.15, 0.2) is 97.2 Å². The minimum atomic E-state index is -0.965. The number of aromatic carboxylic acids is 1. The van der Waals surface area contributed by atoms with Gasteiger partial charge in [0.1, 0.15) is 29.5 Å². The fraction of sp³-hybridized carbons (Fsp3) is 0.0345. The number of hydrogen-bond acceptors (Lipinski definition) is 4. The van der Waals surface area contributed by atoms with Crippen LogP contribution in [0, 0.1) is 12.3 Å². The van der Waals surface area contributed by atoms with Gasteiger partial charge in [-0.25, -0.2) is 9.78 Å². The Morgan fingerprint density at radius 1 is 0.943 bits per heavy atom. The molecule has 3 aromatic carbocycles. The van der Waals surface area contributed by atoms with E-state index in [1.165, 1.54) is 0 Å². The lowest BCUT2D eigenvalue weighted by Crippen LogP contribution is -1.99. The molecule has 0 aliphatic carbocycles. The van der Waals surface area contributed by atoms with Crippen LogP contribution < -0.4 is 10.1 Å². The predicted octanol–water partition coefficient (Wildman–Crippen LogP) is 6.12. The number of fused-ring (bicyclic) bond motifs is 1. The Bertz CT molecular complexity index is 1530. The van der Waals surface area contributed by atoms with Crippen LogP contribution >= 0.6 is 0 Å². The van der Waals surface area contributed by atoms with Crippen molar-refractivity contribution in [2.24, 2.45) is 0 Å². The Morgan fingerprint density at radius 2 is 1.69 bits per heavy atom. The Hall–Kier alpha value is -5.02. The molecule has 0 saturated heterocycles. The Balaban J connectivity index is 1.59. The Kier molecular flexibility index (Phi) is 5.89. The van der Waals surface area contributed by atoms with Gasteiger partial charge >= 0.3 is 5.97 Å². The second-order valence-electron chi connectivity index (χ2n) is 7.84. The van der Waals surface area contributed by atoms with Crippen LogP contribution in [0.25, 0.3) is 28.0 Å². The fourth-order valence-electron chi connectivity index (χ4n) is 3.84. The molecule has 0 atom stereocenters. The van der Waals surface area contributed by atoms with Crippen LogP contribution in [-0.2, 0) is 0 Å². The third-order valence-corrected chi connectivity index (χ3v) is 5.58. The molecule has 5 rings (SSSR count). The molecule has 6 nitrogen and oxygen atoms in total. The Labute approximate surface area is 202 Å². The van der Waals surface area contributed by atoms with Crippen molar-refractivity contribution in [2.45, 2.75) is 0 Å². The van der Waals surface area contributed by atoms with E-state index in [1.807, 2.05) is 65.2 Å². The average molecular weight is 460 g/mol. The molecule has 0 bridgehead atoms. The number of pyridine rings is 1. The third kappa shape index (κ3) is 4.56. The van der Waals surface area contributed by atoms with Gasteiger partial charge in [0, 0.05) is 17.4 Å². The van der Waals surface area contributed by atoms with Crippen molar-refractivity contribution >= 4 is 23.1 Å². The van der Waals surface area contributed by atoms with Gasteiger partial charge in [0.15, 0.2) is 0 Å². The van der Waals surface area contributed by atoms with E-state index in [1.54, 1.807) is 24.3 Å². The summed E-state index contributed by atoms with van der Waals surface area (Å²) >= 11 is 0. The number of carboxylic acids is 1. The molecule has 2 heterocycles. The molecule has 2 aromatic heterocycles. The van der Waals surface area contributed by atoms with E-state index in [0.717, 1.165) is 39.5 Å². The largest absolute Gasteiger partial charge is 0.481 e. The van der Waals surface area contributed by atoms with Gasteiger partial charge < -0.3 is 15.2 Å². The maximum absolute atomic E-state index is 11.2. The topological polar surface area (TPSA) is 75.9 Å². The average Bonchev–Trinajstić information content (AvgIpc) is 3.26. The quantitative estimate of drug-likeness (QED) is 0.287. The first-order valence-corrected chi connectivity index (χ1v) is 11.0. The molecule has 2 N–H and O–H groups in total. The van der Waals surface area contributed by atoms with Crippen molar-refractivity contribution in [1.29, 1.82) is 0 Å². The monoisotopic (exact) mass is 459 g/mol. The van der Waals surface area contributed by atoms with Crippen LogP contribution in [0.1, 0.15) is 10.4 Å². The van der Waals surface area contributed by atoms with E-state index in [-0.39, 0.29) is 12.2 Å². The first-order chi connectivity index (χ1) is 17.1. The van der Waals surface area contributed by atoms with Crippen LogP contribution in [-0.4, -0.2) is 27.1 Å². The van der Waals surface area contributed by atoms with Crippen molar-refractivity contribution < 1.29 is 14.6 Å². The van der Waals surface area contributed by atoms with Gasteiger partial charge in [-0.1, -0.05) is 36.3 Å². The van der Waals surface area contributed by atoms with Gasteiger partial charge in [-0.15, -0.1) is 6.42 Å². The number of nitrogens with one attached hydrogen (secondary N) is 1. The summed E-state index contributed by atoms with van der Waals surface area (Å²) in [6.07, 6.45) is 7.26. The smallest absolute Gasteiger partial charge is 0.335 e. The lowest BCUT2D eigenvalue weighted by Gasteiger charge is -2.10. The lowest BCUT2D eigenvalue weighted by atomic mass is 10.1. The predicted molar refractivity (Wildman–Crippen MR) is 137 cm³/mol. The molecule has 0 spiro atoms. The summed E-state index contributed by atoms with van der Waals surface area (Å²) in [5.74, 6) is 2.94. The van der Waals surface area contributed by atoms with Crippen molar-refractivity contribution in [3.8, 4) is 40.5 Å². The molecule has 0 saturated carbocycles. The molecule has 0 aliphatic rings. The highest BCUT2D eigenvalue weighted by Gasteiger charge is 2.16. The number of carboxylic acid groups (broad SMARTS) is 1. The minimum Gasteiger partial charge on any atom is -0.481 e. The number of anilines is 2. The van der Waals surface area contributed by atoms with Crippen molar-refractivity contribution in [2.75, 3.05) is 11.9 Å². The second-order valence-corrected chi connectivity index (χ2v) is 7.84. The van der Waals surface area contributed by atoms with Gasteiger partial charge in [0.2, 0.25) is 0 Å². The Morgan fingerprint density at radius 3 is 2.37 bits per heavy atom. The highest BCUT2D eigenvalue weighted by atomic mass is 16.5. The molecule has 0 amide bonds. The summed E-state index contributed by atoms with van der Waals surface area (Å²) in [6, 6.07) is 28.4. The molecule has 6 heteroatoms. The first-order valence-electron chi connectivity index (χ1n) is 11.0. The molecule has 5 aromatic rings. The number of nitrogens with zero attached hydrogens (tertiary/aromatic N) is 2. The maximum Gasteiger partial charge on any atom is 0.335 e. The number of ether oxygens (including phenoxy) is 1. The van der Waals surface area contributed by atoms with Crippen LogP contribution in [0.5, 0.6) is 5.75 Å². The zero-order valence-electron chi connectivity index (χ0n) is 18.7. The molecular weight excluding hydrogens is 438 g/mol. The molecule has 0 fully saturated rings. The summed E-state index contributed by atoms with van der Waals surface area (Å²) in [7, 11) is 0. The molecule has 0 unspecified atom stereocenters. The summed E-state index contributed by atoms with van der Waals surface area (Å²) in [6.45, 7) is 0.203. The number of imidazole rings is 1. The van der Waals surface area contributed by atoms with E-state index >= 15 is 0 Å². The summed E-state index contributed by atoms with van der Waals surface area (Å²) in [5.41, 5.74) is 5.56. The summed E-state index contributed by atoms with van der Waals surface area (Å²) in [4.78, 5) is 16.2. The number of benzene rings is 3. The highest BCUT2D eigenvalue weighted by Crippen LogP contribution is 2.33. The zero-order valence-corrected chi connectivity index (χ0v) is 18.7. The van der Waals surface area contributed by atoms with E-state index in [4.69, 9.17) is 16.1 Å².